The first-order valence-electron chi connectivity index (χ1n) is 13.4. The molecule has 1 rings (SSSR count). The predicted molar refractivity (Wildman–Crippen MR) is 136 cm³/mol. The Morgan fingerprint density at radius 1 is 0.935 bits per heavy atom. The molecule has 0 saturated heterocycles. The molecule has 180 valence electrons. The summed E-state index contributed by atoms with van der Waals surface area (Å²) >= 11 is 0. The summed E-state index contributed by atoms with van der Waals surface area (Å²) < 4.78 is 0.995. The van der Waals surface area contributed by atoms with Crippen molar-refractivity contribution < 1.29 is 9.28 Å². The molecule has 0 radical (unpaired) electrons. The Morgan fingerprint density at radius 2 is 1.45 bits per heavy atom. The zero-order valence-electron chi connectivity index (χ0n) is 20.9. The van der Waals surface area contributed by atoms with Gasteiger partial charge < -0.3 is 5.32 Å². The SMILES string of the molecule is C=CCCCCCCCCCCCCCCCCC1=NCC[N+]1(CC)CCNC(C)=O. The maximum Gasteiger partial charge on any atom is 0.217 e. The lowest BCUT2D eigenvalue weighted by molar-refractivity contribution is -0.833. The van der Waals surface area contributed by atoms with Crippen molar-refractivity contribution in [2.45, 2.75) is 117 Å². The number of amides is 1. The highest BCUT2D eigenvalue weighted by molar-refractivity contribution is 5.77. The number of carbonyl (C=O) groups excluding carboxylic acids is 1. The highest BCUT2D eigenvalue weighted by Gasteiger charge is 2.35. The van der Waals surface area contributed by atoms with Gasteiger partial charge in [-0.05, 0) is 26.2 Å². The lowest BCUT2D eigenvalue weighted by atomic mass is 10.0. The van der Waals surface area contributed by atoms with Gasteiger partial charge in [0.2, 0.25) is 5.91 Å². The van der Waals surface area contributed by atoms with Crippen molar-refractivity contribution in [3.63, 3.8) is 0 Å². The highest BCUT2D eigenvalue weighted by Crippen LogP contribution is 2.20. The Bertz CT molecular complexity index is 503. The van der Waals surface area contributed by atoms with Gasteiger partial charge in [0.05, 0.1) is 19.6 Å². The third-order valence-electron chi connectivity index (χ3n) is 6.95. The first-order valence-corrected chi connectivity index (χ1v) is 13.4. The van der Waals surface area contributed by atoms with Crippen LogP contribution in [0.3, 0.4) is 0 Å². The molecule has 1 aliphatic rings. The fourth-order valence-corrected chi connectivity index (χ4v) is 4.84. The number of quaternary nitrogens is 1. The second-order valence-electron chi connectivity index (χ2n) is 9.47. The fraction of sp³-hybridized carbons (Fsp3) is 0.852. The van der Waals surface area contributed by atoms with E-state index in [2.05, 4.69) is 18.8 Å². The summed E-state index contributed by atoms with van der Waals surface area (Å²) in [6, 6.07) is 0. The Balaban J connectivity index is 1.95. The molecule has 0 aromatic carbocycles. The Labute approximate surface area is 193 Å². The molecule has 4 nitrogen and oxygen atoms in total. The molecule has 1 aliphatic heterocycles. The molecule has 0 aromatic heterocycles. The van der Waals surface area contributed by atoms with Crippen molar-refractivity contribution in [3.8, 4) is 0 Å². The van der Waals surface area contributed by atoms with Crippen LogP contribution in [0, 0.1) is 0 Å². The molecule has 1 N–H and O–H groups in total. The largest absolute Gasteiger partial charge is 0.351 e. The second-order valence-corrected chi connectivity index (χ2v) is 9.47. The van der Waals surface area contributed by atoms with Crippen LogP contribution in [0.1, 0.15) is 117 Å². The third-order valence-corrected chi connectivity index (χ3v) is 6.95. The van der Waals surface area contributed by atoms with Crippen LogP contribution in [0.25, 0.3) is 0 Å². The minimum absolute atomic E-state index is 0.0712. The number of carbonyl (C=O) groups is 1. The Morgan fingerprint density at radius 3 is 1.94 bits per heavy atom. The van der Waals surface area contributed by atoms with E-state index in [0.717, 1.165) is 43.6 Å². The number of amidine groups is 1. The van der Waals surface area contributed by atoms with Crippen LogP contribution in [-0.2, 0) is 4.79 Å². The van der Waals surface area contributed by atoms with Crippen LogP contribution < -0.4 is 5.32 Å². The van der Waals surface area contributed by atoms with Crippen molar-refractivity contribution in [3.05, 3.63) is 12.7 Å². The van der Waals surface area contributed by atoms with E-state index in [9.17, 15) is 4.79 Å². The monoisotopic (exact) mass is 434 g/mol. The number of hydrogen-bond acceptors (Lipinski definition) is 2. The summed E-state index contributed by atoms with van der Waals surface area (Å²) in [5.74, 6) is 1.45. The molecular formula is C27H52N3O+. The van der Waals surface area contributed by atoms with E-state index >= 15 is 0 Å². The number of nitrogens with zero attached hydrogens (tertiary/aromatic N) is 2. The number of unbranched alkanes of at least 4 members (excludes halogenated alkanes) is 14. The van der Waals surface area contributed by atoms with E-state index in [0.29, 0.717) is 0 Å². The van der Waals surface area contributed by atoms with Gasteiger partial charge in [0.1, 0.15) is 13.1 Å². The molecule has 1 unspecified atom stereocenters. The van der Waals surface area contributed by atoms with Crippen molar-refractivity contribution in [1.29, 1.82) is 0 Å². The molecular weight excluding hydrogens is 382 g/mol. The van der Waals surface area contributed by atoms with Gasteiger partial charge in [-0.1, -0.05) is 83.1 Å². The lowest BCUT2D eigenvalue weighted by Gasteiger charge is -2.33. The average Bonchev–Trinajstić information content (AvgIpc) is 3.16. The summed E-state index contributed by atoms with van der Waals surface area (Å²) in [6.45, 7) is 12.6. The minimum Gasteiger partial charge on any atom is -0.351 e. The normalized spacial score (nSPS) is 18.2. The molecule has 0 bridgehead atoms. The topological polar surface area (TPSA) is 41.5 Å². The maximum atomic E-state index is 11.2. The average molecular weight is 435 g/mol. The van der Waals surface area contributed by atoms with Crippen LogP contribution in [-0.4, -0.2) is 48.9 Å². The first kappa shape index (κ1) is 27.9. The van der Waals surface area contributed by atoms with Crippen LogP contribution >= 0.6 is 0 Å². The summed E-state index contributed by atoms with van der Waals surface area (Å²) in [6.07, 6.45) is 23.8. The van der Waals surface area contributed by atoms with E-state index in [4.69, 9.17) is 4.99 Å². The number of aliphatic imine (C=N–C) groups is 1. The maximum absolute atomic E-state index is 11.2. The predicted octanol–water partition coefficient (Wildman–Crippen LogP) is 6.80. The van der Waals surface area contributed by atoms with Crippen LogP contribution in [0.5, 0.6) is 0 Å². The van der Waals surface area contributed by atoms with Gasteiger partial charge in [-0.15, -0.1) is 6.58 Å². The lowest BCUT2D eigenvalue weighted by Crippen LogP contribution is -2.54. The van der Waals surface area contributed by atoms with E-state index < -0.39 is 0 Å². The molecule has 0 aromatic rings. The smallest absolute Gasteiger partial charge is 0.217 e. The molecule has 0 spiro atoms. The second kappa shape index (κ2) is 18.4. The van der Waals surface area contributed by atoms with E-state index in [1.807, 2.05) is 6.08 Å². The fourth-order valence-electron chi connectivity index (χ4n) is 4.84. The minimum atomic E-state index is 0.0712. The van der Waals surface area contributed by atoms with Gasteiger partial charge in [-0.2, -0.15) is 0 Å². The standard InChI is InChI=1S/C27H51N3O/c1-4-6-7-8-9-10-11-12-13-14-15-16-17-18-19-20-21-27-29-23-25-30(27,5-2)24-22-28-26(3)31/h4H,1,5-25H2,2-3H3/p+1. The molecule has 1 amide bonds. The van der Waals surface area contributed by atoms with Gasteiger partial charge in [-0.25, -0.2) is 4.99 Å². The zero-order chi connectivity index (χ0) is 22.6. The summed E-state index contributed by atoms with van der Waals surface area (Å²) in [7, 11) is 0. The summed E-state index contributed by atoms with van der Waals surface area (Å²) in [5, 5.41) is 2.96. The van der Waals surface area contributed by atoms with Gasteiger partial charge in [-0.3, -0.25) is 9.28 Å². The van der Waals surface area contributed by atoms with Crippen molar-refractivity contribution >= 4 is 11.7 Å². The molecule has 1 atom stereocenters. The van der Waals surface area contributed by atoms with Gasteiger partial charge in [0.25, 0.3) is 0 Å². The number of nitrogens with one attached hydrogen (secondary N) is 1. The highest BCUT2D eigenvalue weighted by atomic mass is 16.1. The van der Waals surface area contributed by atoms with Gasteiger partial charge in [0.15, 0.2) is 5.84 Å². The van der Waals surface area contributed by atoms with E-state index in [1.54, 1.807) is 6.92 Å². The number of allylic oxidation sites excluding steroid dienone is 1. The molecule has 1 heterocycles. The number of rotatable bonds is 21. The Kier molecular flexibility index (Phi) is 16.6. The van der Waals surface area contributed by atoms with Gasteiger partial charge >= 0.3 is 0 Å². The van der Waals surface area contributed by atoms with Crippen molar-refractivity contribution in [2.75, 3.05) is 32.7 Å². The quantitative estimate of drug-likeness (QED) is 0.120. The Hall–Kier alpha value is -1.16. The number of hydrogen-bond donors (Lipinski definition) is 1. The molecule has 0 saturated carbocycles. The third kappa shape index (κ3) is 13.1. The summed E-state index contributed by atoms with van der Waals surface area (Å²) in [4.78, 5) is 16.0. The van der Waals surface area contributed by atoms with Crippen molar-refractivity contribution in [1.82, 2.24) is 5.32 Å². The van der Waals surface area contributed by atoms with Crippen LogP contribution in [0.2, 0.25) is 0 Å². The molecule has 4 heteroatoms. The van der Waals surface area contributed by atoms with Crippen molar-refractivity contribution in [2.24, 2.45) is 4.99 Å². The van der Waals surface area contributed by atoms with E-state index in [-0.39, 0.29) is 5.91 Å². The zero-order valence-corrected chi connectivity index (χ0v) is 20.9. The van der Waals surface area contributed by atoms with Crippen LogP contribution in [0.15, 0.2) is 17.6 Å². The molecule has 0 fully saturated rings. The van der Waals surface area contributed by atoms with E-state index in [1.165, 1.54) is 102 Å². The summed E-state index contributed by atoms with van der Waals surface area (Å²) in [5.41, 5.74) is 0. The number of likely N-dealkylation sites (N-methyl/N-ethyl adjacent to an activating group) is 1. The molecule has 0 aliphatic carbocycles. The molecule has 31 heavy (non-hydrogen) atoms. The van der Waals surface area contributed by atoms with Gasteiger partial charge in [0, 0.05) is 13.3 Å². The first-order chi connectivity index (χ1) is 15.1. The van der Waals surface area contributed by atoms with Crippen LogP contribution in [0.4, 0.5) is 0 Å².